The van der Waals surface area contributed by atoms with Gasteiger partial charge in [0.2, 0.25) is 0 Å². The van der Waals surface area contributed by atoms with E-state index in [9.17, 15) is 4.79 Å². The summed E-state index contributed by atoms with van der Waals surface area (Å²) in [5.74, 6) is -0.145. The largest absolute Gasteiger partial charge is 0.270 e. The highest BCUT2D eigenvalue weighted by molar-refractivity contribution is 8.27. The van der Waals surface area contributed by atoms with E-state index in [1.165, 1.54) is 11.8 Å². The molecule has 0 N–H and O–H groups in total. The van der Waals surface area contributed by atoms with Gasteiger partial charge in [0.15, 0.2) is 4.32 Å². The lowest BCUT2D eigenvalue weighted by Crippen LogP contribution is -2.28. The Balaban J connectivity index is 2.00. The predicted octanol–water partition coefficient (Wildman–Crippen LogP) is 6.02. The normalized spacial score (nSPS) is 16.3. The SMILES string of the molecule is Cc1ccc(N2C(=O)/C(=C/c3cccc(Cl)c3Cl)SC2=S)c(C)c1. The number of thiocarbonyl (C=S) groups is 1. The fourth-order valence-electron chi connectivity index (χ4n) is 2.50. The Hall–Kier alpha value is -1.33. The van der Waals surface area contributed by atoms with Crippen LogP contribution in [-0.2, 0) is 4.79 Å². The van der Waals surface area contributed by atoms with Crippen LogP contribution in [-0.4, -0.2) is 10.2 Å². The lowest BCUT2D eigenvalue weighted by molar-refractivity contribution is -0.113. The Kier molecular flexibility index (Phi) is 5.02. The molecule has 1 amide bonds. The average Bonchev–Trinajstić information content (AvgIpc) is 2.79. The van der Waals surface area contributed by atoms with Crippen LogP contribution < -0.4 is 4.90 Å². The Morgan fingerprint density at radius 1 is 1.17 bits per heavy atom. The molecule has 24 heavy (non-hydrogen) atoms. The van der Waals surface area contributed by atoms with E-state index in [4.69, 9.17) is 35.4 Å². The monoisotopic (exact) mass is 393 g/mol. The van der Waals surface area contributed by atoms with Gasteiger partial charge >= 0.3 is 0 Å². The molecule has 2 aromatic carbocycles. The third kappa shape index (κ3) is 3.24. The molecule has 2 nitrogen and oxygen atoms in total. The smallest absolute Gasteiger partial charge is 0.268 e. The van der Waals surface area contributed by atoms with Crippen LogP contribution in [0, 0.1) is 13.8 Å². The Labute approximate surface area is 160 Å². The Morgan fingerprint density at radius 3 is 2.62 bits per heavy atom. The Bertz CT molecular complexity index is 893. The second-order valence-electron chi connectivity index (χ2n) is 5.45. The molecule has 1 aliphatic heterocycles. The van der Waals surface area contributed by atoms with Crippen molar-refractivity contribution in [3.8, 4) is 0 Å². The number of nitrogens with zero attached hydrogens (tertiary/aromatic N) is 1. The zero-order valence-corrected chi connectivity index (χ0v) is 16.1. The van der Waals surface area contributed by atoms with E-state index in [1.54, 1.807) is 23.1 Å². The molecule has 3 rings (SSSR count). The summed E-state index contributed by atoms with van der Waals surface area (Å²) < 4.78 is 0.511. The maximum absolute atomic E-state index is 12.8. The van der Waals surface area contributed by atoms with Crippen LogP contribution in [0.2, 0.25) is 10.0 Å². The van der Waals surface area contributed by atoms with Crippen molar-refractivity contribution < 1.29 is 4.79 Å². The van der Waals surface area contributed by atoms with Crippen molar-refractivity contribution in [2.24, 2.45) is 0 Å². The summed E-state index contributed by atoms with van der Waals surface area (Å²) in [6.45, 7) is 3.99. The molecule has 0 saturated carbocycles. The van der Waals surface area contributed by atoms with Gasteiger partial charge in [-0.1, -0.05) is 77.0 Å². The molecule has 0 bridgehead atoms. The standard InChI is InChI=1S/C18H13Cl2NOS2/c1-10-6-7-14(11(2)8-10)21-17(22)15(24-18(21)23)9-12-4-3-5-13(19)16(12)20/h3-9H,1-2H3/b15-9-. The number of benzene rings is 2. The molecule has 0 radical (unpaired) electrons. The van der Waals surface area contributed by atoms with Crippen LogP contribution in [0.5, 0.6) is 0 Å². The molecule has 1 aliphatic rings. The highest BCUT2D eigenvalue weighted by Gasteiger charge is 2.34. The summed E-state index contributed by atoms with van der Waals surface area (Å²) in [6, 6.07) is 11.2. The first-order valence-electron chi connectivity index (χ1n) is 7.17. The number of carbonyl (C=O) groups excluding carboxylic acids is 1. The van der Waals surface area contributed by atoms with Crippen molar-refractivity contribution >= 4 is 69.2 Å². The van der Waals surface area contributed by atoms with Crippen molar-refractivity contribution in [1.82, 2.24) is 0 Å². The molecule has 0 spiro atoms. The molecule has 6 heteroatoms. The van der Waals surface area contributed by atoms with E-state index >= 15 is 0 Å². The van der Waals surface area contributed by atoms with Crippen molar-refractivity contribution in [3.05, 3.63) is 68.0 Å². The lowest BCUT2D eigenvalue weighted by Gasteiger charge is -2.17. The summed E-state index contributed by atoms with van der Waals surface area (Å²) in [7, 11) is 0. The third-order valence-electron chi connectivity index (χ3n) is 3.65. The molecule has 1 fully saturated rings. The number of hydrogen-bond donors (Lipinski definition) is 0. The highest BCUT2D eigenvalue weighted by atomic mass is 35.5. The second-order valence-corrected chi connectivity index (χ2v) is 7.91. The first-order valence-corrected chi connectivity index (χ1v) is 9.16. The number of rotatable bonds is 2. The summed E-state index contributed by atoms with van der Waals surface area (Å²) in [5, 5.41) is 0.881. The molecular weight excluding hydrogens is 381 g/mol. The molecule has 1 heterocycles. The number of hydrogen-bond acceptors (Lipinski definition) is 3. The van der Waals surface area contributed by atoms with Crippen molar-refractivity contribution in [1.29, 1.82) is 0 Å². The molecule has 2 aromatic rings. The number of amides is 1. The number of halogens is 2. The molecule has 0 unspecified atom stereocenters. The Morgan fingerprint density at radius 2 is 1.92 bits per heavy atom. The van der Waals surface area contributed by atoms with E-state index in [0.29, 0.717) is 24.8 Å². The van der Waals surface area contributed by atoms with Gasteiger partial charge in [-0.3, -0.25) is 9.69 Å². The second kappa shape index (κ2) is 6.89. The summed E-state index contributed by atoms with van der Waals surface area (Å²) in [6.07, 6.45) is 1.73. The van der Waals surface area contributed by atoms with Gasteiger partial charge in [-0.15, -0.1) is 0 Å². The molecule has 0 aromatic heterocycles. The molecule has 122 valence electrons. The predicted molar refractivity (Wildman–Crippen MR) is 108 cm³/mol. The van der Waals surface area contributed by atoms with Gasteiger partial charge in [0, 0.05) is 0 Å². The summed E-state index contributed by atoms with van der Waals surface area (Å²) in [4.78, 5) is 14.9. The third-order valence-corrected chi connectivity index (χ3v) is 5.79. The van der Waals surface area contributed by atoms with E-state index in [-0.39, 0.29) is 5.91 Å². The zero-order chi connectivity index (χ0) is 17.4. The van der Waals surface area contributed by atoms with Crippen LogP contribution in [0.15, 0.2) is 41.3 Å². The first-order chi connectivity index (χ1) is 11.4. The van der Waals surface area contributed by atoms with E-state index in [0.717, 1.165) is 16.8 Å². The first kappa shape index (κ1) is 17.5. The molecule has 0 aliphatic carbocycles. The topological polar surface area (TPSA) is 20.3 Å². The maximum atomic E-state index is 12.8. The minimum Gasteiger partial charge on any atom is -0.268 e. The minimum atomic E-state index is -0.145. The van der Waals surface area contributed by atoms with Gasteiger partial charge in [-0.25, -0.2) is 0 Å². The van der Waals surface area contributed by atoms with E-state index in [1.807, 2.05) is 38.1 Å². The molecular formula is C18H13Cl2NOS2. The molecule has 0 atom stereocenters. The van der Waals surface area contributed by atoms with Gasteiger partial charge in [-0.2, -0.15) is 0 Å². The van der Waals surface area contributed by atoms with Crippen molar-refractivity contribution in [3.63, 3.8) is 0 Å². The van der Waals surface area contributed by atoms with E-state index < -0.39 is 0 Å². The fraction of sp³-hybridized carbons (Fsp3) is 0.111. The minimum absolute atomic E-state index is 0.145. The van der Waals surface area contributed by atoms with Crippen LogP contribution in [0.4, 0.5) is 5.69 Å². The van der Waals surface area contributed by atoms with Gasteiger partial charge < -0.3 is 0 Å². The summed E-state index contributed by atoms with van der Waals surface area (Å²) >= 11 is 18.9. The van der Waals surface area contributed by atoms with Gasteiger partial charge in [0.25, 0.3) is 5.91 Å². The quantitative estimate of drug-likeness (QED) is 0.459. The molecule has 1 saturated heterocycles. The van der Waals surface area contributed by atoms with Crippen LogP contribution >= 0.6 is 47.2 Å². The maximum Gasteiger partial charge on any atom is 0.270 e. The number of thioether (sulfide) groups is 1. The average molecular weight is 394 g/mol. The fourth-order valence-corrected chi connectivity index (χ4v) is 4.14. The van der Waals surface area contributed by atoms with Crippen LogP contribution in [0.3, 0.4) is 0 Å². The lowest BCUT2D eigenvalue weighted by atomic mass is 10.1. The van der Waals surface area contributed by atoms with Crippen LogP contribution in [0.25, 0.3) is 6.08 Å². The van der Waals surface area contributed by atoms with E-state index in [2.05, 4.69) is 0 Å². The van der Waals surface area contributed by atoms with Gasteiger partial charge in [-0.05, 0) is 43.2 Å². The van der Waals surface area contributed by atoms with Gasteiger partial charge in [0.05, 0.1) is 20.6 Å². The van der Waals surface area contributed by atoms with Crippen LogP contribution in [0.1, 0.15) is 16.7 Å². The van der Waals surface area contributed by atoms with Crippen molar-refractivity contribution in [2.75, 3.05) is 4.90 Å². The number of carbonyl (C=O) groups is 1. The van der Waals surface area contributed by atoms with Gasteiger partial charge in [0.1, 0.15) is 0 Å². The highest BCUT2D eigenvalue weighted by Crippen LogP contribution is 2.38. The van der Waals surface area contributed by atoms with Crippen molar-refractivity contribution in [2.45, 2.75) is 13.8 Å². The number of aryl methyl sites for hydroxylation is 2. The number of anilines is 1. The summed E-state index contributed by atoms with van der Waals surface area (Å²) in [5.41, 5.74) is 3.66. The zero-order valence-electron chi connectivity index (χ0n) is 13.0.